The predicted molar refractivity (Wildman–Crippen MR) is 83.5 cm³/mol. The molecule has 0 aliphatic heterocycles. The van der Waals surface area contributed by atoms with Crippen LogP contribution >= 0.6 is 0 Å². The van der Waals surface area contributed by atoms with Crippen LogP contribution in [0.15, 0.2) is 12.2 Å². The molecule has 0 aliphatic rings. The lowest BCUT2D eigenvalue weighted by atomic mass is 10.1. The summed E-state index contributed by atoms with van der Waals surface area (Å²) in [5, 5.41) is 8.66. The molecule has 0 atom stereocenters. The first kappa shape index (κ1) is 18.7. The number of rotatable bonds is 15. The normalized spacial score (nSPS) is 11.5. The van der Waals surface area contributed by atoms with Crippen molar-refractivity contribution in [3.8, 4) is 0 Å². The maximum absolute atomic E-state index is 8.66. The second kappa shape index (κ2) is 17.7. The Hall–Kier alpha value is -0.340. The van der Waals surface area contributed by atoms with Crippen LogP contribution in [0.25, 0.3) is 0 Å². The lowest BCUT2D eigenvalue weighted by molar-refractivity contribution is 0.193. The number of aliphatic hydroxyl groups excluding tert-OH is 1. The Labute approximate surface area is 120 Å². The van der Waals surface area contributed by atoms with Crippen LogP contribution in [-0.2, 0) is 4.74 Å². The average Bonchev–Trinajstić information content (AvgIpc) is 2.43. The first-order valence-corrected chi connectivity index (χ1v) is 8.16. The molecule has 0 fully saturated rings. The molecule has 0 unspecified atom stereocenters. The van der Waals surface area contributed by atoms with Crippen LogP contribution in [0.3, 0.4) is 0 Å². The Morgan fingerprint density at radius 1 is 0.684 bits per heavy atom. The van der Waals surface area contributed by atoms with Crippen LogP contribution in [0.4, 0.5) is 0 Å². The molecular formula is C17H34O2. The van der Waals surface area contributed by atoms with Gasteiger partial charge in [0.15, 0.2) is 0 Å². The molecule has 0 saturated carbocycles. The van der Waals surface area contributed by atoms with E-state index in [0.29, 0.717) is 6.61 Å². The molecule has 0 aliphatic carbocycles. The Morgan fingerprint density at radius 2 is 1.16 bits per heavy atom. The van der Waals surface area contributed by atoms with Gasteiger partial charge in [-0.05, 0) is 38.5 Å². The van der Waals surface area contributed by atoms with E-state index in [9.17, 15) is 0 Å². The number of aliphatic hydroxyl groups is 1. The Balaban J connectivity index is 2.99. The largest absolute Gasteiger partial charge is 0.396 e. The van der Waals surface area contributed by atoms with Crippen molar-refractivity contribution in [3.05, 3.63) is 12.2 Å². The van der Waals surface area contributed by atoms with Crippen molar-refractivity contribution >= 4 is 0 Å². The van der Waals surface area contributed by atoms with E-state index >= 15 is 0 Å². The van der Waals surface area contributed by atoms with Crippen molar-refractivity contribution in [1.29, 1.82) is 0 Å². The number of hydrogen-bond donors (Lipinski definition) is 1. The van der Waals surface area contributed by atoms with Gasteiger partial charge in [0, 0.05) is 20.3 Å². The molecule has 2 nitrogen and oxygen atoms in total. The highest BCUT2D eigenvalue weighted by molar-refractivity contribution is 4.81. The zero-order chi connectivity index (χ0) is 14.0. The van der Waals surface area contributed by atoms with Crippen molar-refractivity contribution < 1.29 is 9.84 Å². The van der Waals surface area contributed by atoms with E-state index in [1.54, 1.807) is 7.11 Å². The molecular weight excluding hydrogens is 236 g/mol. The highest BCUT2D eigenvalue weighted by Crippen LogP contribution is 2.10. The lowest BCUT2D eigenvalue weighted by Gasteiger charge is -2.00. The van der Waals surface area contributed by atoms with Gasteiger partial charge < -0.3 is 9.84 Å². The van der Waals surface area contributed by atoms with Crippen LogP contribution in [0.1, 0.15) is 77.0 Å². The molecule has 0 bridgehead atoms. The second-order valence-electron chi connectivity index (χ2n) is 5.30. The number of hydrogen-bond acceptors (Lipinski definition) is 2. The van der Waals surface area contributed by atoms with E-state index in [1.165, 1.54) is 70.6 Å². The predicted octanol–water partition coefficient (Wildman–Crippen LogP) is 4.86. The summed E-state index contributed by atoms with van der Waals surface area (Å²) in [4.78, 5) is 0. The Kier molecular flexibility index (Phi) is 17.3. The monoisotopic (exact) mass is 270 g/mol. The fourth-order valence-corrected chi connectivity index (χ4v) is 2.18. The molecule has 0 rings (SSSR count). The summed E-state index contributed by atoms with van der Waals surface area (Å²) in [6, 6.07) is 0. The van der Waals surface area contributed by atoms with E-state index < -0.39 is 0 Å². The van der Waals surface area contributed by atoms with Gasteiger partial charge in [-0.15, -0.1) is 0 Å². The van der Waals surface area contributed by atoms with Gasteiger partial charge in [0.05, 0.1) is 0 Å². The van der Waals surface area contributed by atoms with Crippen molar-refractivity contribution in [1.82, 2.24) is 0 Å². The van der Waals surface area contributed by atoms with Gasteiger partial charge in [-0.2, -0.15) is 0 Å². The quantitative estimate of drug-likeness (QED) is 0.340. The van der Waals surface area contributed by atoms with E-state index in [4.69, 9.17) is 9.84 Å². The third-order valence-corrected chi connectivity index (χ3v) is 3.41. The molecule has 0 amide bonds. The van der Waals surface area contributed by atoms with Crippen LogP contribution in [0.5, 0.6) is 0 Å². The minimum atomic E-state index is 0.359. The van der Waals surface area contributed by atoms with Crippen molar-refractivity contribution in [2.45, 2.75) is 77.0 Å². The van der Waals surface area contributed by atoms with Gasteiger partial charge in [-0.1, -0.05) is 50.7 Å². The molecule has 1 N–H and O–H groups in total. The topological polar surface area (TPSA) is 29.5 Å². The number of methoxy groups -OCH3 is 1. The van der Waals surface area contributed by atoms with Crippen LogP contribution in [0, 0.1) is 0 Å². The van der Waals surface area contributed by atoms with Crippen molar-refractivity contribution in [2.24, 2.45) is 0 Å². The highest BCUT2D eigenvalue weighted by Gasteiger charge is 1.91. The summed E-state index contributed by atoms with van der Waals surface area (Å²) < 4.78 is 5.02. The molecule has 19 heavy (non-hydrogen) atoms. The number of unbranched alkanes of at least 4 members (excludes halogenated alkanes) is 10. The third kappa shape index (κ3) is 17.7. The van der Waals surface area contributed by atoms with E-state index in [2.05, 4.69) is 12.2 Å². The molecule has 0 aromatic carbocycles. The zero-order valence-corrected chi connectivity index (χ0v) is 12.9. The molecule has 0 aromatic heterocycles. The molecule has 0 heterocycles. The maximum Gasteiger partial charge on any atom is 0.0462 e. The van der Waals surface area contributed by atoms with Crippen molar-refractivity contribution in [3.63, 3.8) is 0 Å². The molecule has 114 valence electrons. The first-order chi connectivity index (χ1) is 9.41. The summed E-state index contributed by atoms with van der Waals surface area (Å²) in [6.45, 7) is 1.25. The summed E-state index contributed by atoms with van der Waals surface area (Å²) in [5.74, 6) is 0. The minimum Gasteiger partial charge on any atom is -0.396 e. The molecule has 2 heteroatoms. The number of allylic oxidation sites excluding steroid dienone is 2. The Bertz CT molecular complexity index is 178. The first-order valence-electron chi connectivity index (χ1n) is 8.16. The van der Waals surface area contributed by atoms with Gasteiger partial charge in [0.2, 0.25) is 0 Å². The van der Waals surface area contributed by atoms with Gasteiger partial charge in [-0.3, -0.25) is 0 Å². The average molecular weight is 270 g/mol. The third-order valence-electron chi connectivity index (χ3n) is 3.41. The van der Waals surface area contributed by atoms with Gasteiger partial charge >= 0.3 is 0 Å². The fourth-order valence-electron chi connectivity index (χ4n) is 2.18. The molecule has 0 saturated heterocycles. The molecule has 0 aromatic rings. The van der Waals surface area contributed by atoms with E-state index in [0.717, 1.165) is 13.0 Å². The summed E-state index contributed by atoms with van der Waals surface area (Å²) in [7, 11) is 1.77. The van der Waals surface area contributed by atoms with Gasteiger partial charge in [0.1, 0.15) is 0 Å². The highest BCUT2D eigenvalue weighted by atomic mass is 16.5. The Morgan fingerprint density at radius 3 is 1.68 bits per heavy atom. The SMILES string of the molecule is COCCCC/C=C\CCCCCCCCCCO. The standard InChI is InChI=1S/C17H34O2/c1-19-17-15-13-11-9-7-5-3-2-4-6-8-10-12-14-16-18/h7,9,18H,2-6,8,10-17H2,1H3/b9-7-. The molecule has 0 spiro atoms. The second-order valence-corrected chi connectivity index (χ2v) is 5.30. The summed E-state index contributed by atoms with van der Waals surface area (Å²) in [5.41, 5.74) is 0. The molecule has 0 radical (unpaired) electrons. The zero-order valence-electron chi connectivity index (χ0n) is 12.9. The lowest BCUT2D eigenvalue weighted by Crippen LogP contribution is -1.86. The van der Waals surface area contributed by atoms with Gasteiger partial charge in [0.25, 0.3) is 0 Å². The van der Waals surface area contributed by atoms with Crippen molar-refractivity contribution in [2.75, 3.05) is 20.3 Å². The summed E-state index contributed by atoms with van der Waals surface area (Å²) in [6.07, 6.45) is 19.8. The maximum atomic E-state index is 8.66. The fraction of sp³-hybridized carbons (Fsp3) is 0.882. The van der Waals surface area contributed by atoms with E-state index in [-0.39, 0.29) is 0 Å². The smallest absolute Gasteiger partial charge is 0.0462 e. The van der Waals surface area contributed by atoms with E-state index in [1.807, 2.05) is 0 Å². The van der Waals surface area contributed by atoms with Crippen LogP contribution in [0.2, 0.25) is 0 Å². The van der Waals surface area contributed by atoms with Gasteiger partial charge in [-0.25, -0.2) is 0 Å². The number of ether oxygens (including phenoxy) is 1. The van der Waals surface area contributed by atoms with Crippen LogP contribution < -0.4 is 0 Å². The van der Waals surface area contributed by atoms with Crippen LogP contribution in [-0.4, -0.2) is 25.4 Å². The minimum absolute atomic E-state index is 0.359. The summed E-state index contributed by atoms with van der Waals surface area (Å²) >= 11 is 0.